The van der Waals surface area contributed by atoms with E-state index in [4.69, 9.17) is 9.47 Å². The van der Waals surface area contributed by atoms with Crippen molar-refractivity contribution >= 4 is 11.3 Å². The fourth-order valence-corrected chi connectivity index (χ4v) is 2.57. The van der Waals surface area contributed by atoms with Crippen molar-refractivity contribution in [3.63, 3.8) is 0 Å². The number of hydrogen-bond acceptors (Lipinski definition) is 4. The van der Waals surface area contributed by atoms with Gasteiger partial charge in [0.1, 0.15) is 0 Å². The summed E-state index contributed by atoms with van der Waals surface area (Å²) in [6.45, 7) is 6.06. The van der Waals surface area contributed by atoms with Crippen LogP contribution in [-0.2, 0) is 22.6 Å². The molecule has 0 spiro atoms. The van der Waals surface area contributed by atoms with Gasteiger partial charge in [0, 0.05) is 28.9 Å². The van der Waals surface area contributed by atoms with Gasteiger partial charge in [-0.15, -0.1) is 11.3 Å². The highest BCUT2D eigenvalue weighted by Gasteiger charge is 2.20. The third kappa shape index (κ3) is 5.48. The third-order valence-corrected chi connectivity index (χ3v) is 3.88. The lowest BCUT2D eigenvalue weighted by Gasteiger charge is -2.03. The van der Waals surface area contributed by atoms with Crippen molar-refractivity contribution in [3.8, 4) is 0 Å². The molecule has 1 aliphatic carbocycles. The van der Waals surface area contributed by atoms with Gasteiger partial charge in [0.15, 0.2) is 0 Å². The summed E-state index contributed by atoms with van der Waals surface area (Å²) >= 11 is 1.84. The Balaban J connectivity index is 1.54. The Kier molecular flexibility index (Phi) is 6.14. The Hall–Kier alpha value is -0.420. The van der Waals surface area contributed by atoms with Gasteiger partial charge in [-0.25, -0.2) is 0 Å². The van der Waals surface area contributed by atoms with Gasteiger partial charge >= 0.3 is 0 Å². The van der Waals surface area contributed by atoms with Crippen molar-refractivity contribution in [1.29, 1.82) is 0 Å². The first kappa shape index (κ1) is 14.0. The molecule has 0 radical (unpaired) electrons. The lowest BCUT2D eigenvalue weighted by atomic mass is 10.4. The maximum absolute atomic E-state index is 5.58. The van der Waals surface area contributed by atoms with Crippen molar-refractivity contribution in [2.75, 3.05) is 19.8 Å². The molecule has 1 saturated carbocycles. The molecule has 0 amide bonds. The van der Waals surface area contributed by atoms with E-state index in [1.54, 1.807) is 0 Å². The van der Waals surface area contributed by atoms with E-state index in [1.807, 2.05) is 11.3 Å². The molecule has 1 heterocycles. The zero-order valence-electron chi connectivity index (χ0n) is 11.1. The van der Waals surface area contributed by atoms with Crippen LogP contribution in [-0.4, -0.2) is 25.9 Å². The van der Waals surface area contributed by atoms with Crippen LogP contribution in [0, 0.1) is 0 Å². The molecule has 4 heteroatoms. The summed E-state index contributed by atoms with van der Waals surface area (Å²) in [5.74, 6) is 0. The number of thiophene rings is 1. The van der Waals surface area contributed by atoms with E-state index >= 15 is 0 Å². The average Bonchev–Trinajstić information content (AvgIpc) is 3.11. The van der Waals surface area contributed by atoms with Crippen LogP contribution in [0.4, 0.5) is 0 Å². The molecule has 1 aromatic heterocycles. The van der Waals surface area contributed by atoms with Gasteiger partial charge in [-0.05, 0) is 31.4 Å². The SMILES string of the molecule is CCCOCCOCc1ccc(CNC2CC2)s1. The number of hydrogen-bond donors (Lipinski definition) is 1. The minimum Gasteiger partial charge on any atom is -0.379 e. The molecule has 1 N–H and O–H groups in total. The molecular weight excluding hydrogens is 246 g/mol. The van der Waals surface area contributed by atoms with Crippen LogP contribution in [0.2, 0.25) is 0 Å². The van der Waals surface area contributed by atoms with Crippen molar-refractivity contribution in [1.82, 2.24) is 5.32 Å². The van der Waals surface area contributed by atoms with Crippen LogP contribution in [0.15, 0.2) is 12.1 Å². The maximum Gasteiger partial charge on any atom is 0.0810 e. The molecule has 0 bridgehead atoms. The van der Waals surface area contributed by atoms with Crippen LogP contribution in [0.5, 0.6) is 0 Å². The smallest absolute Gasteiger partial charge is 0.0810 e. The highest BCUT2D eigenvalue weighted by molar-refractivity contribution is 7.11. The fraction of sp³-hybridized carbons (Fsp3) is 0.714. The van der Waals surface area contributed by atoms with Crippen LogP contribution in [0.25, 0.3) is 0 Å². The highest BCUT2D eigenvalue weighted by atomic mass is 32.1. The van der Waals surface area contributed by atoms with E-state index < -0.39 is 0 Å². The van der Waals surface area contributed by atoms with Crippen LogP contribution >= 0.6 is 11.3 Å². The van der Waals surface area contributed by atoms with Gasteiger partial charge in [0.05, 0.1) is 19.8 Å². The molecule has 0 atom stereocenters. The van der Waals surface area contributed by atoms with E-state index in [0.717, 1.165) is 25.6 Å². The second kappa shape index (κ2) is 7.89. The Morgan fingerprint density at radius 2 is 1.94 bits per heavy atom. The summed E-state index contributed by atoms with van der Waals surface area (Å²) in [5.41, 5.74) is 0. The number of nitrogens with one attached hydrogen (secondary N) is 1. The van der Waals surface area contributed by atoms with Crippen molar-refractivity contribution in [2.24, 2.45) is 0 Å². The Labute approximate surface area is 113 Å². The first-order valence-corrected chi connectivity index (χ1v) is 7.66. The standard InChI is InChI=1S/C14H23NO2S/c1-2-7-16-8-9-17-11-14-6-5-13(18-14)10-15-12-3-4-12/h5-6,12,15H,2-4,7-11H2,1H3. The van der Waals surface area contributed by atoms with Crippen LogP contribution in [0.1, 0.15) is 35.9 Å². The first-order chi connectivity index (χ1) is 8.88. The number of rotatable bonds is 10. The molecule has 0 saturated heterocycles. The fourth-order valence-electron chi connectivity index (χ4n) is 1.66. The van der Waals surface area contributed by atoms with E-state index in [1.165, 1.54) is 22.6 Å². The summed E-state index contributed by atoms with van der Waals surface area (Å²) in [7, 11) is 0. The molecule has 18 heavy (non-hydrogen) atoms. The summed E-state index contributed by atoms with van der Waals surface area (Å²) in [6, 6.07) is 5.15. The molecule has 1 fully saturated rings. The largest absolute Gasteiger partial charge is 0.379 e. The molecule has 3 nitrogen and oxygen atoms in total. The lowest BCUT2D eigenvalue weighted by molar-refractivity contribution is 0.0417. The summed E-state index contributed by atoms with van der Waals surface area (Å²) < 4.78 is 10.9. The monoisotopic (exact) mass is 269 g/mol. The molecule has 0 unspecified atom stereocenters. The van der Waals surface area contributed by atoms with E-state index in [2.05, 4.69) is 24.4 Å². The van der Waals surface area contributed by atoms with Crippen LogP contribution < -0.4 is 5.32 Å². The second-order valence-corrected chi connectivity index (χ2v) is 5.94. The van der Waals surface area contributed by atoms with Crippen molar-refractivity contribution in [3.05, 3.63) is 21.9 Å². The summed E-state index contributed by atoms with van der Waals surface area (Å²) in [5, 5.41) is 3.53. The normalized spacial score (nSPS) is 15.2. The van der Waals surface area contributed by atoms with Gasteiger partial charge in [-0.1, -0.05) is 6.92 Å². The molecule has 102 valence electrons. The average molecular weight is 269 g/mol. The van der Waals surface area contributed by atoms with Crippen molar-refractivity contribution < 1.29 is 9.47 Å². The Morgan fingerprint density at radius 1 is 1.17 bits per heavy atom. The zero-order chi connectivity index (χ0) is 12.6. The van der Waals surface area contributed by atoms with Gasteiger partial charge in [0.2, 0.25) is 0 Å². The third-order valence-electron chi connectivity index (χ3n) is 2.82. The topological polar surface area (TPSA) is 30.5 Å². The van der Waals surface area contributed by atoms with Crippen LogP contribution in [0.3, 0.4) is 0 Å². The van der Waals surface area contributed by atoms with E-state index in [9.17, 15) is 0 Å². The van der Waals surface area contributed by atoms with E-state index in [-0.39, 0.29) is 0 Å². The van der Waals surface area contributed by atoms with Gasteiger partial charge < -0.3 is 14.8 Å². The molecule has 0 aromatic carbocycles. The zero-order valence-corrected chi connectivity index (χ0v) is 11.9. The van der Waals surface area contributed by atoms with Gasteiger partial charge in [0.25, 0.3) is 0 Å². The Bertz CT molecular complexity index is 336. The molecule has 2 rings (SSSR count). The maximum atomic E-state index is 5.58. The second-order valence-electron chi connectivity index (χ2n) is 4.69. The van der Waals surface area contributed by atoms with Gasteiger partial charge in [-0.2, -0.15) is 0 Å². The Morgan fingerprint density at radius 3 is 2.72 bits per heavy atom. The minimum atomic E-state index is 0.688. The quantitative estimate of drug-likeness (QED) is 0.662. The lowest BCUT2D eigenvalue weighted by Crippen LogP contribution is -2.14. The van der Waals surface area contributed by atoms with Gasteiger partial charge in [-0.3, -0.25) is 0 Å². The predicted octanol–water partition coefficient (Wildman–Crippen LogP) is 2.94. The predicted molar refractivity (Wildman–Crippen MR) is 74.9 cm³/mol. The highest BCUT2D eigenvalue weighted by Crippen LogP contribution is 2.22. The minimum absolute atomic E-state index is 0.688. The summed E-state index contributed by atoms with van der Waals surface area (Å²) in [4.78, 5) is 2.71. The van der Waals surface area contributed by atoms with E-state index in [0.29, 0.717) is 19.8 Å². The molecule has 0 aliphatic heterocycles. The molecular formula is C14H23NO2S. The number of ether oxygens (including phenoxy) is 2. The molecule has 1 aromatic rings. The molecule has 1 aliphatic rings. The first-order valence-electron chi connectivity index (χ1n) is 6.85. The van der Waals surface area contributed by atoms with Crippen molar-refractivity contribution in [2.45, 2.75) is 45.4 Å². The summed E-state index contributed by atoms with van der Waals surface area (Å²) in [6.07, 6.45) is 3.76.